The van der Waals surface area contributed by atoms with Gasteiger partial charge in [-0.15, -0.1) is 56.5 Å². The maximum absolute atomic E-state index is 13.0. The molecule has 12 N–H and O–H groups in total. The summed E-state index contributed by atoms with van der Waals surface area (Å²) in [6, 6.07) is 42.9. The minimum atomic E-state index is -0.294. The van der Waals surface area contributed by atoms with Gasteiger partial charge < -0.3 is 58.7 Å². The number of nitrogens with two attached hydrogens (primary N) is 2. The lowest BCUT2D eigenvalue weighted by molar-refractivity contribution is 0.162. The molecular weight excluding hydrogens is 1590 g/mol. The van der Waals surface area contributed by atoms with Gasteiger partial charge in [-0.1, -0.05) is 103 Å². The summed E-state index contributed by atoms with van der Waals surface area (Å²) in [5.41, 5.74) is 16.3. The van der Waals surface area contributed by atoms with Crippen LogP contribution in [0.15, 0.2) is 170 Å². The first-order valence-corrected chi connectivity index (χ1v) is 33.7. The van der Waals surface area contributed by atoms with Crippen LogP contribution in [0.5, 0.6) is 0 Å². The number of anilines is 8. The van der Waals surface area contributed by atoms with E-state index in [1.54, 1.807) is 84.9 Å². The van der Waals surface area contributed by atoms with E-state index in [-0.39, 0.29) is 112 Å². The Hall–Kier alpha value is -10.9. The van der Waals surface area contributed by atoms with Crippen LogP contribution in [-0.4, -0.2) is 92.7 Å². The van der Waals surface area contributed by atoms with Crippen LogP contribution in [0.1, 0.15) is 52.8 Å². The molecule has 23 nitrogen and oxygen atoms in total. The Balaban J connectivity index is 0.000000478. The maximum Gasteiger partial charge on any atom is 0.230 e. The number of halogens is 14. The summed E-state index contributed by atoms with van der Waals surface area (Å²) < 4.78 is 94.9. The van der Waals surface area contributed by atoms with E-state index in [1.807, 2.05) is 13.8 Å². The van der Waals surface area contributed by atoms with Crippen molar-refractivity contribution < 1.29 is 35.5 Å². The first-order valence-electron chi connectivity index (χ1n) is 32.2. The van der Waals surface area contributed by atoms with Crippen LogP contribution in [-0.2, 0) is 50.6 Å². The van der Waals surface area contributed by atoms with Crippen LogP contribution in [0.25, 0.3) is 0 Å². The molecule has 11 rings (SSSR count). The highest BCUT2D eigenvalue weighted by molar-refractivity contribution is 6.33. The van der Waals surface area contributed by atoms with Crippen molar-refractivity contribution >= 4 is 131 Å². The van der Waals surface area contributed by atoms with Crippen molar-refractivity contribution in [2.75, 3.05) is 75.4 Å². The van der Waals surface area contributed by atoms with E-state index in [4.69, 9.17) is 75.5 Å². The van der Waals surface area contributed by atoms with E-state index in [1.165, 1.54) is 84.9 Å². The van der Waals surface area contributed by atoms with Crippen molar-refractivity contribution in [3.8, 4) is 37.0 Å². The van der Waals surface area contributed by atoms with Gasteiger partial charge in [-0.2, -0.15) is 59.8 Å². The van der Waals surface area contributed by atoms with Gasteiger partial charge in [0.2, 0.25) is 68.7 Å². The second-order valence-corrected chi connectivity index (χ2v) is 22.4. The zero-order valence-corrected chi connectivity index (χ0v) is 64.7. The number of nitrogens with one attached hydrogen (secondary N) is 8. The summed E-state index contributed by atoms with van der Waals surface area (Å²) in [5.74, 6) is 7.71. The van der Waals surface area contributed by atoms with Crippen LogP contribution < -0.4 is 54.0 Å². The molecule has 0 radical (unpaired) electrons. The van der Waals surface area contributed by atoms with E-state index >= 15 is 0 Å². The SMILES string of the molecule is C#CCN.C#CCNc1nc(NCc2ccc(F)cc2)nc(NCc2ccc(F)cc2)n1.C#CCNc1nc(NCc2ccc(F)cc2)nc(NCc2ccc(F)cc2)n1.CCOCC.Cl.Cl.Cl.Clc1nc(Cl)nc(Cl)n1.Fc1ccc(CNc2nc(Cl)nc(NCc3ccc(F)cc3)n2)cc1.NCc1ccc(F)cc1. The highest BCUT2D eigenvalue weighted by atomic mass is 35.5. The number of hydrogen-bond acceptors (Lipinski definition) is 23. The number of hydrogen-bond donors (Lipinski definition) is 10. The Kier molecular flexibility index (Phi) is 48.1. The quantitative estimate of drug-likeness (QED) is 0.0188. The highest BCUT2D eigenvalue weighted by Gasteiger charge is 2.11. The molecule has 37 heteroatoms. The zero-order valence-electron chi connectivity index (χ0n) is 59.2. The Labute approximate surface area is 676 Å². The Morgan fingerprint density at radius 2 is 0.459 bits per heavy atom. The monoisotopic (exact) mass is 1670 g/mol. The molecule has 0 aliphatic rings. The third-order valence-corrected chi connectivity index (χ3v) is 13.7. The molecule has 0 fully saturated rings. The molecule has 0 saturated carbocycles. The van der Waals surface area contributed by atoms with E-state index in [0.717, 1.165) is 52.2 Å². The van der Waals surface area contributed by atoms with Gasteiger partial charge in [0.15, 0.2) is 0 Å². The fraction of sp³-hybridized carbons (Fsp3) is 0.189. The minimum Gasteiger partial charge on any atom is -0.382 e. The summed E-state index contributed by atoms with van der Waals surface area (Å²) in [6.07, 6.45) is 15.2. The predicted molar refractivity (Wildman–Crippen MR) is 432 cm³/mol. The molecular formula is C74H76Cl7F7N22O. The molecule has 4 aromatic heterocycles. The van der Waals surface area contributed by atoms with Gasteiger partial charge in [-0.3, -0.25) is 0 Å². The van der Waals surface area contributed by atoms with Gasteiger partial charge in [0.1, 0.15) is 40.7 Å². The van der Waals surface area contributed by atoms with Crippen LogP contribution in [0.4, 0.5) is 78.3 Å². The van der Waals surface area contributed by atoms with Crippen LogP contribution in [0.2, 0.25) is 21.1 Å². The van der Waals surface area contributed by atoms with E-state index in [2.05, 4.69) is 127 Å². The molecule has 0 spiro atoms. The van der Waals surface area contributed by atoms with Gasteiger partial charge >= 0.3 is 0 Å². The number of ether oxygens (including phenoxy) is 1. The lowest BCUT2D eigenvalue weighted by Gasteiger charge is -2.11. The third kappa shape index (κ3) is 41.5. The van der Waals surface area contributed by atoms with E-state index < -0.39 is 0 Å². The number of aromatic nitrogens is 12. The predicted octanol–water partition coefficient (Wildman–Crippen LogP) is 15.9. The molecule has 586 valence electrons. The first-order chi connectivity index (χ1) is 52.2. The van der Waals surface area contributed by atoms with Crippen LogP contribution >= 0.6 is 83.6 Å². The average Bonchev–Trinajstić information content (AvgIpc) is 0.866. The summed E-state index contributed by atoms with van der Waals surface area (Å²) in [6.45, 7) is 9.49. The molecule has 0 unspecified atom stereocenters. The van der Waals surface area contributed by atoms with Crippen molar-refractivity contribution in [2.45, 2.75) is 59.7 Å². The first kappa shape index (κ1) is 96.2. The van der Waals surface area contributed by atoms with Crippen molar-refractivity contribution in [3.63, 3.8) is 0 Å². The summed E-state index contributed by atoms with van der Waals surface area (Å²) >= 11 is 21.9. The normalized spacial score (nSPS) is 9.62. The van der Waals surface area contributed by atoms with Gasteiger partial charge in [0, 0.05) is 59.0 Å². The van der Waals surface area contributed by atoms with Gasteiger partial charge in [-0.25, -0.2) is 30.7 Å². The molecule has 7 aromatic carbocycles. The van der Waals surface area contributed by atoms with Crippen molar-refractivity contribution in [1.29, 1.82) is 0 Å². The Morgan fingerprint density at radius 1 is 0.288 bits per heavy atom. The van der Waals surface area contributed by atoms with Crippen molar-refractivity contribution in [1.82, 2.24) is 59.8 Å². The van der Waals surface area contributed by atoms with Crippen LogP contribution in [0.3, 0.4) is 0 Å². The number of rotatable bonds is 25. The molecule has 0 bridgehead atoms. The molecule has 0 aliphatic heterocycles. The minimum absolute atomic E-state index is 0. The number of nitrogens with zero attached hydrogens (tertiary/aromatic N) is 12. The summed E-state index contributed by atoms with van der Waals surface area (Å²) in [5, 5.41) is 24.2. The fourth-order valence-corrected chi connectivity index (χ4v) is 8.59. The molecule has 111 heavy (non-hydrogen) atoms. The Bertz CT molecular complexity index is 4160. The topological polar surface area (TPSA) is 312 Å². The lowest BCUT2D eigenvalue weighted by Crippen LogP contribution is -2.12. The smallest absolute Gasteiger partial charge is 0.230 e. The molecule has 4 heterocycles. The summed E-state index contributed by atoms with van der Waals surface area (Å²) in [7, 11) is 0. The largest absolute Gasteiger partial charge is 0.382 e. The molecule has 0 aliphatic carbocycles. The van der Waals surface area contributed by atoms with E-state index in [9.17, 15) is 30.7 Å². The zero-order chi connectivity index (χ0) is 78.3. The lowest BCUT2D eigenvalue weighted by atomic mass is 10.2. The van der Waals surface area contributed by atoms with Gasteiger partial charge in [0.05, 0.1) is 19.6 Å². The fourth-order valence-electron chi connectivity index (χ4n) is 7.82. The van der Waals surface area contributed by atoms with Crippen molar-refractivity contribution in [3.05, 3.63) is 271 Å². The van der Waals surface area contributed by atoms with Crippen molar-refractivity contribution in [2.24, 2.45) is 11.5 Å². The molecule has 0 amide bonds. The third-order valence-electron chi connectivity index (χ3n) is 13.0. The van der Waals surface area contributed by atoms with Gasteiger partial charge in [-0.05, 0) is 184 Å². The maximum atomic E-state index is 13.0. The van der Waals surface area contributed by atoms with Crippen LogP contribution in [0, 0.1) is 77.8 Å². The highest BCUT2D eigenvalue weighted by Crippen LogP contribution is 2.18. The molecule has 0 saturated heterocycles. The standard InChI is InChI=1S/2C20H18F2N6.C17H14ClF2N5.C7H8FN.C4H10O.C3Cl3N3.C3H5N.3ClH/c2*1-2-11-23-18-26-19(24-12-14-3-7-16(21)8-4-14)28-20(27-18)25-13-15-5-9-17(22)10-6-15;18-15-23-16(21-9-11-1-5-13(19)6-2-11)25-17(24-15)22-10-12-3-7-14(20)8-4-12;8-7-3-1-6(5-9)2-4-7;1-3-5-4-2;4-1-7-2(5)9-3(6)8-1;1-2-3-4;;;/h2*1,3-10H,11-13H2,(H3,23,24,25,26,27,28);1-8H,9-10H2,(H2,21,22,23,24,25);1-4H,5,9H2;3-4H2,1-2H3;;1H,3-4H2;3*1H. The number of benzene rings is 7. The number of terminal acetylenes is 3. The van der Waals surface area contributed by atoms with Gasteiger partial charge in [0.25, 0.3) is 0 Å². The average molecular weight is 1670 g/mol. The Morgan fingerprint density at radius 3 is 0.622 bits per heavy atom. The summed E-state index contributed by atoms with van der Waals surface area (Å²) in [4.78, 5) is 48.3. The molecule has 11 aromatic rings. The molecule has 0 atom stereocenters. The van der Waals surface area contributed by atoms with E-state index in [0.29, 0.717) is 99.9 Å². The second-order valence-electron chi connectivity index (χ2n) is 21.0. The second kappa shape index (κ2) is 55.5.